The molecule has 4 nitrogen and oxygen atoms in total. The standard InChI is InChI=1S/C21H32N2O2/c1-3-16(2)23-21(25)19-13-11-18(12-14-19)20(24)22-15-7-10-17-8-5-4-6-9-17/h4-6,8-9,16,18-19H,3,7,10-15H2,1-2H3,(H,22,24)(H,23,25). The third-order valence-corrected chi connectivity index (χ3v) is 5.25. The van der Waals surface area contributed by atoms with Gasteiger partial charge in [-0.3, -0.25) is 9.59 Å². The zero-order valence-electron chi connectivity index (χ0n) is 15.6. The van der Waals surface area contributed by atoms with Gasteiger partial charge in [0, 0.05) is 24.4 Å². The SMILES string of the molecule is CCC(C)NC(=O)C1CCC(C(=O)NCCCc2ccccc2)CC1. The number of hydrogen-bond donors (Lipinski definition) is 2. The second-order valence-electron chi connectivity index (χ2n) is 7.25. The molecule has 1 atom stereocenters. The zero-order chi connectivity index (χ0) is 18.1. The summed E-state index contributed by atoms with van der Waals surface area (Å²) >= 11 is 0. The van der Waals surface area contributed by atoms with Gasteiger partial charge >= 0.3 is 0 Å². The Bertz CT molecular complexity index is 536. The second-order valence-corrected chi connectivity index (χ2v) is 7.25. The zero-order valence-corrected chi connectivity index (χ0v) is 15.6. The van der Waals surface area contributed by atoms with E-state index in [4.69, 9.17) is 0 Å². The Morgan fingerprint density at radius 2 is 1.64 bits per heavy atom. The van der Waals surface area contributed by atoms with Crippen LogP contribution in [0.2, 0.25) is 0 Å². The molecule has 25 heavy (non-hydrogen) atoms. The van der Waals surface area contributed by atoms with Crippen LogP contribution in [0.25, 0.3) is 0 Å². The van der Waals surface area contributed by atoms with Gasteiger partial charge in [-0.1, -0.05) is 37.3 Å². The molecular weight excluding hydrogens is 312 g/mol. The van der Waals surface area contributed by atoms with E-state index >= 15 is 0 Å². The van der Waals surface area contributed by atoms with Gasteiger partial charge in [-0.2, -0.15) is 0 Å². The van der Waals surface area contributed by atoms with E-state index in [1.165, 1.54) is 5.56 Å². The molecule has 1 saturated carbocycles. The van der Waals surface area contributed by atoms with Crippen LogP contribution >= 0.6 is 0 Å². The molecule has 1 aromatic carbocycles. The molecule has 0 bridgehead atoms. The number of aryl methyl sites for hydroxylation is 1. The van der Waals surface area contributed by atoms with Crippen LogP contribution < -0.4 is 10.6 Å². The van der Waals surface area contributed by atoms with E-state index < -0.39 is 0 Å². The normalized spacial score (nSPS) is 21.4. The maximum absolute atomic E-state index is 12.3. The van der Waals surface area contributed by atoms with Crippen LogP contribution in [0.4, 0.5) is 0 Å². The summed E-state index contributed by atoms with van der Waals surface area (Å²) in [5.74, 6) is 0.477. The molecule has 1 unspecified atom stereocenters. The van der Waals surface area contributed by atoms with Crippen LogP contribution in [-0.4, -0.2) is 24.4 Å². The van der Waals surface area contributed by atoms with Gasteiger partial charge in [-0.05, 0) is 57.4 Å². The average molecular weight is 344 g/mol. The number of rotatable bonds is 8. The maximum atomic E-state index is 12.3. The van der Waals surface area contributed by atoms with E-state index in [1.54, 1.807) is 0 Å². The summed E-state index contributed by atoms with van der Waals surface area (Å²) in [5.41, 5.74) is 1.31. The minimum atomic E-state index is 0.0735. The van der Waals surface area contributed by atoms with Crippen LogP contribution in [0.5, 0.6) is 0 Å². The summed E-state index contributed by atoms with van der Waals surface area (Å²) in [6.07, 6.45) is 6.19. The second kappa shape index (κ2) is 10.2. The largest absolute Gasteiger partial charge is 0.356 e. The quantitative estimate of drug-likeness (QED) is 0.710. The van der Waals surface area contributed by atoms with E-state index in [9.17, 15) is 9.59 Å². The summed E-state index contributed by atoms with van der Waals surface area (Å²) in [6.45, 7) is 4.83. The minimum Gasteiger partial charge on any atom is -0.356 e. The van der Waals surface area contributed by atoms with E-state index in [0.717, 1.165) is 51.5 Å². The molecule has 2 N–H and O–H groups in total. The van der Waals surface area contributed by atoms with E-state index in [0.29, 0.717) is 0 Å². The number of nitrogens with one attached hydrogen (secondary N) is 2. The fraction of sp³-hybridized carbons (Fsp3) is 0.619. The Labute approximate surface area is 151 Å². The molecule has 4 heteroatoms. The lowest BCUT2D eigenvalue weighted by molar-refractivity contribution is -0.130. The van der Waals surface area contributed by atoms with Crippen LogP contribution in [-0.2, 0) is 16.0 Å². The van der Waals surface area contributed by atoms with Gasteiger partial charge in [0.2, 0.25) is 11.8 Å². The average Bonchev–Trinajstić information content (AvgIpc) is 2.65. The van der Waals surface area contributed by atoms with Crippen molar-refractivity contribution in [1.29, 1.82) is 0 Å². The number of amides is 2. The third-order valence-electron chi connectivity index (χ3n) is 5.25. The van der Waals surface area contributed by atoms with Gasteiger partial charge < -0.3 is 10.6 Å². The first kappa shape index (κ1) is 19.5. The van der Waals surface area contributed by atoms with Crippen molar-refractivity contribution in [2.75, 3.05) is 6.54 Å². The lowest BCUT2D eigenvalue weighted by atomic mass is 9.81. The Hall–Kier alpha value is -1.84. The Morgan fingerprint density at radius 3 is 2.24 bits per heavy atom. The first-order valence-electron chi connectivity index (χ1n) is 9.72. The van der Waals surface area contributed by atoms with Gasteiger partial charge in [0.15, 0.2) is 0 Å². The van der Waals surface area contributed by atoms with E-state index in [-0.39, 0.29) is 29.7 Å². The van der Waals surface area contributed by atoms with Crippen molar-refractivity contribution in [3.05, 3.63) is 35.9 Å². The molecule has 1 aliphatic carbocycles. The van der Waals surface area contributed by atoms with Crippen molar-refractivity contribution in [3.63, 3.8) is 0 Å². The number of carbonyl (C=O) groups is 2. The monoisotopic (exact) mass is 344 g/mol. The number of hydrogen-bond acceptors (Lipinski definition) is 2. The van der Waals surface area contributed by atoms with Gasteiger partial charge in [-0.25, -0.2) is 0 Å². The van der Waals surface area contributed by atoms with Crippen molar-refractivity contribution in [1.82, 2.24) is 10.6 Å². The fourth-order valence-electron chi connectivity index (χ4n) is 3.37. The Balaban J connectivity index is 1.63. The van der Waals surface area contributed by atoms with Crippen molar-refractivity contribution in [3.8, 4) is 0 Å². The molecule has 2 amide bonds. The highest BCUT2D eigenvalue weighted by atomic mass is 16.2. The number of carbonyl (C=O) groups excluding carboxylic acids is 2. The highest BCUT2D eigenvalue weighted by Crippen LogP contribution is 2.29. The third kappa shape index (κ3) is 6.52. The summed E-state index contributed by atoms with van der Waals surface area (Å²) in [7, 11) is 0. The molecule has 0 spiro atoms. The van der Waals surface area contributed by atoms with E-state index in [1.807, 2.05) is 25.1 Å². The van der Waals surface area contributed by atoms with Crippen LogP contribution in [0.1, 0.15) is 57.9 Å². The molecule has 0 heterocycles. The van der Waals surface area contributed by atoms with Crippen molar-refractivity contribution >= 4 is 11.8 Å². The van der Waals surface area contributed by atoms with Crippen molar-refractivity contribution in [2.45, 2.75) is 64.8 Å². The van der Waals surface area contributed by atoms with Gasteiger partial charge in [0.05, 0.1) is 0 Å². The van der Waals surface area contributed by atoms with Crippen molar-refractivity contribution < 1.29 is 9.59 Å². The Kier molecular flexibility index (Phi) is 7.96. The highest BCUT2D eigenvalue weighted by molar-refractivity contribution is 5.81. The van der Waals surface area contributed by atoms with Gasteiger partial charge in [0.25, 0.3) is 0 Å². The first-order valence-corrected chi connectivity index (χ1v) is 9.72. The summed E-state index contributed by atoms with van der Waals surface area (Å²) < 4.78 is 0. The summed E-state index contributed by atoms with van der Waals surface area (Å²) in [5, 5.41) is 6.13. The van der Waals surface area contributed by atoms with E-state index in [2.05, 4.69) is 29.7 Å². The lowest BCUT2D eigenvalue weighted by Gasteiger charge is -2.28. The number of benzene rings is 1. The van der Waals surface area contributed by atoms with Gasteiger partial charge in [0.1, 0.15) is 0 Å². The van der Waals surface area contributed by atoms with Crippen molar-refractivity contribution in [2.24, 2.45) is 11.8 Å². The molecule has 1 fully saturated rings. The van der Waals surface area contributed by atoms with Crippen LogP contribution in [0.3, 0.4) is 0 Å². The molecule has 0 radical (unpaired) electrons. The molecule has 0 saturated heterocycles. The smallest absolute Gasteiger partial charge is 0.223 e. The summed E-state index contributed by atoms with van der Waals surface area (Å²) in [4.78, 5) is 24.5. The molecule has 2 rings (SSSR count). The molecular formula is C21H32N2O2. The molecule has 1 aliphatic rings. The van der Waals surface area contributed by atoms with Crippen LogP contribution in [0.15, 0.2) is 30.3 Å². The fourth-order valence-corrected chi connectivity index (χ4v) is 3.37. The van der Waals surface area contributed by atoms with Gasteiger partial charge in [-0.15, -0.1) is 0 Å². The topological polar surface area (TPSA) is 58.2 Å². The predicted octanol–water partition coefficient (Wildman–Crippen LogP) is 3.46. The maximum Gasteiger partial charge on any atom is 0.223 e. The Morgan fingerprint density at radius 1 is 1.04 bits per heavy atom. The lowest BCUT2D eigenvalue weighted by Crippen LogP contribution is -2.40. The molecule has 0 aliphatic heterocycles. The minimum absolute atomic E-state index is 0.0735. The molecule has 0 aromatic heterocycles. The summed E-state index contributed by atoms with van der Waals surface area (Å²) in [6, 6.07) is 10.6. The predicted molar refractivity (Wildman–Crippen MR) is 101 cm³/mol. The highest BCUT2D eigenvalue weighted by Gasteiger charge is 2.29. The molecule has 1 aromatic rings. The molecule has 138 valence electrons. The first-order chi connectivity index (χ1) is 12.1. The van der Waals surface area contributed by atoms with Crippen LogP contribution in [0, 0.1) is 11.8 Å².